The van der Waals surface area contributed by atoms with E-state index in [1.54, 1.807) is 6.07 Å². The van der Waals surface area contributed by atoms with Crippen molar-refractivity contribution in [2.75, 3.05) is 18.1 Å². The van der Waals surface area contributed by atoms with Crippen LogP contribution in [0.1, 0.15) is 19.3 Å². The molecular formula is C10H13Cl2N3O. The van der Waals surface area contributed by atoms with Crippen molar-refractivity contribution in [2.45, 2.75) is 25.3 Å². The first-order chi connectivity index (χ1) is 7.72. The first-order valence-electron chi connectivity index (χ1n) is 5.28. The summed E-state index contributed by atoms with van der Waals surface area (Å²) in [7, 11) is 0. The number of aliphatic hydroxyl groups is 1. The van der Waals surface area contributed by atoms with E-state index in [0.717, 1.165) is 18.5 Å². The fraction of sp³-hybridized carbons (Fsp3) is 0.600. The molecule has 1 fully saturated rings. The van der Waals surface area contributed by atoms with Gasteiger partial charge in [-0.15, -0.1) is 10.2 Å². The number of anilines is 1. The molecule has 0 unspecified atom stereocenters. The van der Waals surface area contributed by atoms with Crippen LogP contribution in [-0.4, -0.2) is 34.5 Å². The van der Waals surface area contributed by atoms with Crippen LogP contribution in [0.4, 0.5) is 5.69 Å². The maximum atomic E-state index is 9.07. The number of aliphatic hydroxyl groups excluding tert-OH is 1. The molecule has 0 bridgehead atoms. The number of nitrogens with zero attached hydrogens (tertiary/aromatic N) is 3. The average molecular weight is 262 g/mol. The molecule has 6 heteroatoms. The summed E-state index contributed by atoms with van der Waals surface area (Å²) in [4.78, 5) is 2.06. The summed E-state index contributed by atoms with van der Waals surface area (Å²) in [6.45, 7) is 0.638. The highest BCUT2D eigenvalue weighted by molar-refractivity contribution is 6.33. The molecular weight excluding hydrogens is 249 g/mol. The van der Waals surface area contributed by atoms with Gasteiger partial charge in [0.25, 0.3) is 0 Å². The predicted molar refractivity (Wildman–Crippen MR) is 64.1 cm³/mol. The molecule has 0 aromatic carbocycles. The van der Waals surface area contributed by atoms with E-state index in [0.29, 0.717) is 22.9 Å². The molecule has 1 aliphatic rings. The molecule has 0 atom stereocenters. The Labute approximate surface area is 104 Å². The zero-order chi connectivity index (χ0) is 11.5. The van der Waals surface area contributed by atoms with Crippen LogP contribution >= 0.6 is 23.2 Å². The topological polar surface area (TPSA) is 49.2 Å². The minimum atomic E-state index is 0.0901. The molecule has 1 heterocycles. The summed E-state index contributed by atoms with van der Waals surface area (Å²) in [6.07, 6.45) is 3.46. The van der Waals surface area contributed by atoms with Crippen molar-refractivity contribution in [2.24, 2.45) is 0 Å². The van der Waals surface area contributed by atoms with Gasteiger partial charge in [0.2, 0.25) is 0 Å². The van der Waals surface area contributed by atoms with E-state index in [-0.39, 0.29) is 6.61 Å². The van der Waals surface area contributed by atoms with Crippen molar-refractivity contribution >= 4 is 28.9 Å². The molecule has 2 rings (SSSR count). The molecule has 1 aliphatic carbocycles. The second-order valence-corrected chi connectivity index (χ2v) is 4.59. The summed E-state index contributed by atoms with van der Waals surface area (Å²) in [5, 5.41) is 17.2. The van der Waals surface area contributed by atoms with Gasteiger partial charge in [-0.05, 0) is 19.3 Å². The fourth-order valence-corrected chi connectivity index (χ4v) is 2.19. The summed E-state index contributed by atoms with van der Waals surface area (Å²) >= 11 is 11.8. The van der Waals surface area contributed by atoms with Gasteiger partial charge in [-0.3, -0.25) is 0 Å². The lowest BCUT2D eigenvalue weighted by Gasteiger charge is -2.39. The van der Waals surface area contributed by atoms with E-state index in [2.05, 4.69) is 15.1 Å². The zero-order valence-electron chi connectivity index (χ0n) is 8.74. The molecule has 4 nitrogen and oxygen atoms in total. The van der Waals surface area contributed by atoms with Crippen LogP contribution in [0.15, 0.2) is 6.07 Å². The van der Waals surface area contributed by atoms with E-state index in [4.69, 9.17) is 28.3 Å². The third kappa shape index (κ3) is 2.39. The van der Waals surface area contributed by atoms with Gasteiger partial charge < -0.3 is 10.0 Å². The van der Waals surface area contributed by atoms with E-state index in [1.807, 2.05) is 0 Å². The monoisotopic (exact) mass is 261 g/mol. The van der Waals surface area contributed by atoms with Gasteiger partial charge in [-0.1, -0.05) is 23.2 Å². The summed E-state index contributed by atoms with van der Waals surface area (Å²) < 4.78 is 0. The normalized spacial score (nSPS) is 15.9. The van der Waals surface area contributed by atoms with Crippen LogP contribution in [0.2, 0.25) is 10.3 Å². The highest BCUT2D eigenvalue weighted by atomic mass is 35.5. The van der Waals surface area contributed by atoms with E-state index < -0.39 is 0 Å². The lowest BCUT2D eigenvalue weighted by molar-refractivity contribution is 0.283. The van der Waals surface area contributed by atoms with Crippen molar-refractivity contribution in [1.29, 1.82) is 0 Å². The molecule has 0 radical (unpaired) electrons. The molecule has 88 valence electrons. The van der Waals surface area contributed by atoms with Gasteiger partial charge in [-0.2, -0.15) is 0 Å². The first-order valence-corrected chi connectivity index (χ1v) is 6.04. The number of hydrogen-bond donors (Lipinski definition) is 1. The Hall–Kier alpha value is -0.580. The summed E-state index contributed by atoms with van der Waals surface area (Å²) in [6, 6.07) is 2.13. The van der Waals surface area contributed by atoms with Crippen molar-refractivity contribution < 1.29 is 5.11 Å². The Kier molecular flexibility index (Phi) is 3.84. The Balaban J connectivity index is 2.25. The predicted octanol–water partition coefficient (Wildman–Crippen LogP) is 2.13. The van der Waals surface area contributed by atoms with Gasteiger partial charge in [0.15, 0.2) is 10.3 Å². The van der Waals surface area contributed by atoms with Crippen LogP contribution in [0.5, 0.6) is 0 Å². The Morgan fingerprint density at radius 3 is 2.69 bits per heavy atom. The minimum absolute atomic E-state index is 0.0901. The van der Waals surface area contributed by atoms with Crippen molar-refractivity contribution in [3.05, 3.63) is 16.4 Å². The lowest BCUT2D eigenvalue weighted by atomic mass is 9.91. The number of rotatable bonds is 4. The molecule has 0 saturated heterocycles. The largest absolute Gasteiger partial charge is 0.395 e. The minimum Gasteiger partial charge on any atom is -0.395 e. The van der Waals surface area contributed by atoms with Crippen LogP contribution < -0.4 is 4.90 Å². The first kappa shape index (κ1) is 11.9. The van der Waals surface area contributed by atoms with Gasteiger partial charge in [-0.25, -0.2) is 0 Å². The number of halogens is 2. The van der Waals surface area contributed by atoms with E-state index >= 15 is 0 Å². The Morgan fingerprint density at radius 1 is 1.38 bits per heavy atom. The van der Waals surface area contributed by atoms with Gasteiger partial charge in [0.1, 0.15) is 0 Å². The van der Waals surface area contributed by atoms with E-state index in [1.165, 1.54) is 6.42 Å². The third-order valence-corrected chi connectivity index (χ3v) is 3.32. The smallest absolute Gasteiger partial charge is 0.175 e. The molecule has 1 aromatic heterocycles. The lowest BCUT2D eigenvalue weighted by Crippen LogP contribution is -2.42. The quantitative estimate of drug-likeness (QED) is 0.903. The number of aromatic nitrogens is 2. The van der Waals surface area contributed by atoms with Crippen LogP contribution in [-0.2, 0) is 0 Å². The maximum Gasteiger partial charge on any atom is 0.175 e. The van der Waals surface area contributed by atoms with Crippen molar-refractivity contribution in [1.82, 2.24) is 10.2 Å². The van der Waals surface area contributed by atoms with Crippen LogP contribution in [0.3, 0.4) is 0 Å². The second-order valence-electron chi connectivity index (χ2n) is 3.84. The van der Waals surface area contributed by atoms with Crippen LogP contribution in [0.25, 0.3) is 0 Å². The molecule has 0 spiro atoms. The third-order valence-electron chi connectivity index (χ3n) is 2.87. The maximum absolute atomic E-state index is 9.07. The molecule has 1 saturated carbocycles. The molecule has 1 aromatic rings. The molecule has 1 N–H and O–H groups in total. The van der Waals surface area contributed by atoms with Crippen molar-refractivity contribution in [3.8, 4) is 0 Å². The van der Waals surface area contributed by atoms with Crippen LogP contribution in [0, 0.1) is 0 Å². The van der Waals surface area contributed by atoms with Crippen molar-refractivity contribution in [3.63, 3.8) is 0 Å². The average Bonchev–Trinajstić information content (AvgIpc) is 2.18. The van der Waals surface area contributed by atoms with Gasteiger partial charge >= 0.3 is 0 Å². The molecule has 0 aliphatic heterocycles. The second kappa shape index (κ2) is 5.17. The van der Waals surface area contributed by atoms with Gasteiger partial charge in [0, 0.05) is 18.7 Å². The Bertz CT molecular complexity index is 371. The fourth-order valence-electron chi connectivity index (χ4n) is 1.85. The highest BCUT2D eigenvalue weighted by Crippen LogP contribution is 2.33. The molecule has 0 amide bonds. The molecule has 16 heavy (non-hydrogen) atoms. The summed E-state index contributed by atoms with van der Waals surface area (Å²) in [5.74, 6) is 0. The van der Waals surface area contributed by atoms with Gasteiger partial charge in [0.05, 0.1) is 12.3 Å². The SMILES string of the molecule is OCCN(c1cc(Cl)nnc1Cl)C1CCC1. The summed E-state index contributed by atoms with van der Waals surface area (Å²) in [5.41, 5.74) is 0.764. The number of hydrogen-bond acceptors (Lipinski definition) is 4. The highest BCUT2D eigenvalue weighted by Gasteiger charge is 2.26. The standard InChI is InChI=1S/C10H13Cl2N3O/c11-9-6-8(10(12)14-13-9)15(4-5-16)7-2-1-3-7/h6-7,16H,1-5H2. The zero-order valence-corrected chi connectivity index (χ0v) is 10.2. The Morgan fingerprint density at radius 2 is 2.12 bits per heavy atom. The van der Waals surface area contributed by atoms with E-state index in [9.17, 15) is 0 Å².